The smallest absolute Gasteiger partial charge is 0.352 e. The van der Waals surface area contributed by atoms with Crippen LogP contribution in [0.4, 0.5) is 9.59 Å². The number of aliphatic carboxylic acids is 1. The average Bonchev–Trinajstić information content (AvgIpc) is 3.69. The molecule has 16 nitrogen and oxygen atoms in total. The van der Waals surface area contributed by atoms with Gasteiger partial charge in [0, 0.05) is 25.4 Å². The number of thioether (sulfide) groups is 1. The Hall–Kier alpha value is -5.16. The summed E-state index contributed by atoms with van der Waals surface area (Å²) in [5.41, 5.74) is -1.81. The molecule has 1 unspecified atom stereocenters. The fourth-order valence-electron chi connectivity index (χ4n) is 4.96. The first kappa shape index (κ1) is 31.3. The predicted molar refractivity (Wildman–Crippen MR) is 155 cm³/mol. The third-order valence-electron chi connectivity index (χ3n) is 7.16. The number of urea groups is 2. The number of carboxylic acids is 1. The number of ether oxygens (including phenoxy) is 2. The fraction of sp³-hybridized carbons (Fsp3) is 0.321. The number of furan rings is 1. The van der Waals surface area contributed by atoms with Gasteiger partial charge in [0.2, 0.25) is 5.91 Å². The monoisotopic (exact) mass is 640 g/mol. The summed E-state index contributed by atoms with van der Waals surface area (Å²) in [6, 6.07) is 8.44. The number of imide groups is 1. The zero-order valence-electron chi connectivity index (χ0n) is 24.0. The largest absolute Gasteiger partial charge is 0.477 e. The van der Waals surface area contributed by atoms with Crippen LogP contribution in [0.3, 0.4) is 0 Å². The number of nitrogens with zero attached hydrogens (tertiary/aromatic N) is 4. The van der Waals surface area contributed by atoms with Gasteiger partial charge in [-0.3, -0.25) is 19.3 Å². The van der Waals surface area contributed by atoms with E-state index in [1.807, 2.05) is 0 Å². The minimum atomic E-state index is -1.98. The molecule has 3 atom stereocenters. The van der Waals surface area contributed by atoms with E-state index in [0.29, 0.717) is 11.3 Å². The number of amides is 6. The summed E-state index contributed by atoms with van der Waals surface area (Å²) in [6.07, 6.45) is 2.78. The molecule has 45 heavy (non-hydrogen) atoms. The van der Waals surface area contributed by atoms with E-state index in [1.54, 1.807) is 42.5 Å². The number of fused-ring (bicyclic) bond motifs is 1. The van der Waals surface area contributed by atoms with Crippen molar-refractivity contribution in [1.29, 1.82) is 0 Å². The van der Waals surface area contributed by atoms with E-state index in [0.717, 1.165) is 26.6 Å². The molecule has 6 amide bonds. The Morgan fingerprint density at radius 3 is 2.58 bits per heavy atom. The van der Waals surface area contributed by atoms with Gasteiger partial charge >= 0.3 is 24.0 Å². The molecule has 1 aromatic heterocycles. The van der Waals surface area contributed by atoms with E-state index in [4.69, 9.17) is 13.9 Å². The predicted octanol–water partition coefficient (Wildman–Crippen LogP) is 1.08. The number of methoxy groups -OCH3 is 1. The van der Waals surface area contributed by atoms with Crippen LogP contribution in [0.25, 0.3) is 0 Å². The van der Waals surface area contributed by atoms with Crippen LogP contribution < -0.4 is 10.6 Å². The molecule has 0 bridgehead atoms. The van der Waals surface area contributed by atoms with Crippen LogP contribution in [-0.2, 0) is 28.7 Å². The van der Waals surface area contributed by atoms with E-state index < -0.39 is 53.0 Å². The number of nitrogens with one attached hydrogen (secondary N) is 2. The van der Waals surface area contributed by atoms with E-state index in [1.165, 1.54) is 26.5 Å². The van der Waals surface area contributed by atoms with Crippen molar-refractivity contribution in [2.45, 2.75) is 24.1 Å². The molecular weight excluding hydrogens is 612 g/mol. The van der Waals surface area contributed by atoms with Crippen molar-refractivity contribution in [1.82, 2.24) is 25.4 Å². The molecule has 3 aliphatic rings. The van der Waals surface area contributed by atoms with Crippen LogP contribution in [0, 0.1) is 0 Å². The molecular formula is C28H28N6O10S. The SMILES string of the molecule is COC1(NC(=O)[C@H](NC(=O)N2CCN(N=Cc3ccco3)C2=O)c2ccccc2)C(=O)N2C(C(=O)O)=C(COC(C)=O)CS[C@@H]21. The molecule has 3 N–H and O–H groups in total. The molecule has 0 spiro atoms. The average molecular weight is 641 g/mol. The second-order valence-electron chi connectivity index (χ2n) is 9.92. The summed E-state index contributed by atoms with van der Waals surface area (Å²) in [4.78, 5) is 78.8. The number of hydrogen-bond donors (Lipinski definition) is 3. The summed E-state index contributed by atoms with van der Waals surface area (Å²) in [5.74, 6) is -3.28. The summed E-state index contributed by atoms with van der Waals surface area (Å²) < 4.78 is 15.6. The summed E-state index contributed by atoms with van der Waals surface area (Å²) >= 11 is 1.10. The van der Waals surface area contributed by atoms with Crippen LogP contribution in [0.5, 0.6) is 0 Å². The maximum atomic E-state index is 13.8. The standard InChI is InChI=1S/C28H28N6O10S/c1-16(35)44-14-18-15-45-25-28(42-2,24(39)34(25)21(18)23(37)38)31-22(36)20(17-7-4-3-5-8-17)30-26(40)32-10-11-33(27(32)41)29-13-19-9-6-12-43-19/h3-9,12-13,20,25H,10-11,14-15H2,1-2H3,(H,30,40)(H,31,36)(H,37,38)/t20-,25-,28?/m1/s1. The number of hydrazone groups is 1. The first-order chi connectivity index (χ1) is 21.6. The second-order valence-corrected chi connectivity index (χ2v) is 11.0. The zero-order chi connectivity index (χ0) is 32.3. The number of benzene rings is 1. The van der Waals surface area contributed by atoms with E-state index in [-0.39, 0.29) is 36.7 Å². The molecule has 0 saturated carbocycles. The highest BCUT2D eigenvalue weighted by Crippen LogP contribution is 2.46. The lowest BCUT2D eigenvalue weighted by molar-refractivity contribution is -0.193. The van der Waals surface area contributed by atoms with Crippen molar-refractivity contribution < 1.29 is 47.8 Å². The zero-order valence-corrected chi connectivity index (χ0v) is 24.8. The van der Waals surface area contributed by atoms with Crippen LogP contribution in [0.15, 0.2) is 69.5 Å². The second kappa shape index (κ2) is 12.8. The number of esters is 1. The van der Waals surface area contributed by atoms with Gasteiger partial charge in [0.15, 0.2) is 0 Å². The Bertz CT molecular complexity index is 1580. The van der Waals surface area contributed by atoms with Gasteiger partial charge in [0.1, 0.15) is 29.5 Å². The summed E-state index contributed by atoms with van der Waals surface area (Å²) in [7, 11) is 1.19. The Morgan fingerprint density at radius 2 is 1.93 bits per heavy atom. The molecule has 2 aromatic rings. The summed E-state index contributed by atoms with van der Waals surface area (Å²) in [5, 5.41) is 19.1. The highest BCUT2D eigenvalue weighted by molar-refractivity contribution is 8.00. The topological polar surface area (TPSA) is 200 Å². The number of hydrogen-bond acceptors (Lipinski definition) is 11. The van der Waals surface area contributed by atoms with E-state index >= 15 is 0 Å². The molecule has 5 rings (SSSR count). The number of carbonyl (C=O) groups is 6. The van der Waals surface area contributed by atoms with Crippen molar-refractivity contribution in [2.24, 2.45) is 5.10 Å². The Balaban J connectivity index is 1.34. The van der Waals surface area contributed by atoms with Gasteiger partial charge in [0.05, 0.1) is 25.6 Å². The first-order valence-corrected chi connectivity index (χ1v) is 14.5. The lowest BCUT2D eigenvalue weighted by atomic mass is 9.97. The van der Waals surface area contributed by atoms with Gasteiger partial charge in [-0.05, 0) is 17.7 Å². The normalized spacial score (nSPS) is 21.8. The molecule has 1 aromatic carbocycles. The maximum absolute atomic E-state index is 13.8. The van der Waals surface area contributed by atoms with Crippen molar-refractivity contribution >= 4 is 53.8 Å². The third-order valence-corrected chi connectivity index (χ3v) is 8.53. The summed E-state index contributed by atoms with van der Waals surface area (Å²) in [6.45, 7) is 0.932. The van der Waals surface area contributed by atoms with Gasteiger partial charge in [-0.1, -0.05) is 30.3 Å². The van der Waals surface area contributed by atoms with Crippen molar-refractivity contribution in [3.63, 3.8) is 0 Å². The first-order valence-electron chi connectivity index (χ1n) is 13.5. The van der Waals surface area contributed by atoms with Crippen molar-refractivity contribution in [2.75, 3.05) is 32.6 Å². The Kier molecular flexibility index (Phi) is 8.92. The van der Waals surface area contributed by atoms with Crippen molar-refractivity contribution in [3.05, 3.63) is 71.3 Å². The Labute approximate surface area is 260 Å². The number of carboxylic acid groups (broad SMARTS) is 1. The molecule has 236 valence electrons. The van der Waals surface area contributed by atoms with Crippen LogP contribution in [0.1, 0.15) is 24.3 Å². The van der Waals surface area contributed by atoms with Gasteiger partial charge in [-0.25, -0.2) is 24.3 Å². The highest BCUT2D eigenvalue weighted by atomic mass is 32.2. The lowest BCUT2D eigenvalue weighted by Crippen LogP contribution is -2.81. The number of β-lactam (4-membered cyclic amide) rings is 1. The highest BCUT2D eigenvalue weighted by Gasteiger charge is 2.67. The van der Waals surface area contributed by atoms with Crippen LogP contribution in [-0.4, -0.2) is 106 Å². The van der Waals surface area contributed by atoms with Gasteiger partial charge in [-0.2, -0.15) is 5.10 Å². The Morgan fingerprint density at radius 1 is 1.18 bits per heavy atom. The van der Waals surface area contributed by atoms with E-state index in [2.05, 4.69) is 15.7 Å². The molecule has 3 aliphatic heterocycles. The third kappa shape index (κ3) is 5.99. The lowest BCUT2D eigenvalue weighted by Gasteiger charge is -2.56. The van der Waals surface area contributed by atoms with E-state index in [9.17, 15) is 33.9 Å². The van der Waals surface area contributed by atoms with Crippen molar-refractivity contribution in [3.8, 4) is 0 Å². The van der Waals surface area contributed by atoms with Gasteiger partial charge < -0.3 is 29.6 Å². The maximum Gasteiger partial charge on any atom is 0.352 e. The quantitative estimate of drug-likeness (QED) is 0.145. The molecule has 0 radical (unpaired) electrons. The molecule has 2 saturated heterocycles. The molecule has 4 heterocycles. The number of carbonyl (C=O) groups excluding carboxylic acids is 5. The van der Waals surface area contributed by atoms with Gasteiger partial charge in [0.25, 0.3) is 11.6 Å². The van der Waals surface area contributed by atoms with Crippen LogP contribution in [0.2, 0.25) is 0 Å². The molecule has 17 heteroatoms. The molecule has 2 fully saturated rings. The van der Waals surface area contributed by atoms with Crippen LogP contribution >= 0.6 is 11.8 Å². The fourth-order valence-corrected chi connectivity index (χ4v) is 6.38. The van der Waals surface area contributed by atoms with Gasteiger partial charge in [-0.15, -0.1) is 11.8 Å². The minimum Gasteiger partial charge on any atom is -0.477 e. The molecule has 0 aliphatic carbocycles. The minimum absolute atomic E-state index is 0.0164. The number of rotatable bonds is 10.